The first-order valence-electron chi connectivity index (χ1n) is 7.00. The van der Waals surface area contributed by atoms with Crippen LogP contribution in [0, 0.1) is 5.41 Å². The van der Waals surface area contributed by atoms with Crippen LogP contribution in [0.25, 0.3) is 0 Å². The second kappa shape index (κ2) is 8.65. The Labute approximate surface area is 131 Å². The van der Waals surface area contributed by atoms with Crippen LogP contribution in [0.2, 0.25) is 0 Å². The van der Waals surface area contributed by atoms with Gasteiger partial charge in [0.25, 0.3) is 0 Å². The lowest BCUT2D eigenvalue weighted by Gasteiger charge is -2.25. The summed E-state index contributed by atoms with van der Waals surface area (Å²) in [6.45, 7) is 7.28. The highest BCUT2D eigenvalue weighted by Gasteiger charge is 2.17. The highest BCUT2D eigenvalue weighted by molar-refractivity contribution is 9.10. The topological polar surface area (TPSA) is 30.5 Å². The average molecular weight is 344 g/mol. The summed E-state index contributed by atoms with van der Waals surface area (Å²) in [7, 11) is 3.42. The van der Waals surface area contributed by atoms with E-state index in [0.717, 1.165) is 42.8 Å². The van der Waals surface area contributed by atoms with Crippen molar-refractivity contribution in [1.82, 2.24) is 5.32 Å². The fourth-order valence-electron chi connectivity index (χ4n) is 2.04. The fourth-order valence-corrected chi connectivity index (χ4v) is 2.63. The number of rotatable bonds is 9. The Kier molecular flexibility index (Phi) is 7.56. The Bertz CT molecular complexity index is 407. The molecule has 114 valence electrons. The molecule has 0 saturated carbocycles. The van der Waals surface area contributed by atoms with Crippen molar-refractivity contribution in [2.75, 3.05) is 33.9 Å². The summed E-state index contributed by atoms with van der Waals surface area (Å²) in [6.07, 6.45) is 2.22. The third kappa shape index (κ3) is 6.25. The van der Waals surface area contributed by atoms with E-state index in [1.807, 2.05) is 6.07 Å². The molecule has 0 heterocycles. The molecule has 0 spiro atoms. The highest BCUT2D eigenvalue weighted by atomic mass is 79.9. The summed E-state index contributed by atoms with van der Waals surface area (Å²) in [5.41, 5.74) is 1.61. The van der Waals surface area contributed by atoms with Crippen LogP contribution < -0.4 is 10.1 Å². The van der Waals surface area contributed by atoms with Crippen molar-refractivity contribution in [3.63, 3.8) is 0 Å². The van der Waals surface area contributed by atoms with Gasteiger partial charge in [0.1, 0.15) is 5.75 Å². The molecule has 0 aliphatic heterocycles. The minimum atomic E-state index is 0.278. The van der Waals surface area contributed by atoms with Gasteiger partial charge in [-0.15, -0.1) is 0 Å². The summed E-state index contributed by atoms with van der Waals surface area (Å²) in [6, 6.07) is 6.30. The van der Waals surface area contributed by atoms with Crippen LogP contribution in [0.1, 0.15) is 25.8 Å². The first-order chi connectivity index (χ1) is 9.48. The van der Waals surface area contributed by atoms with E-state index in [-0.39, 0.29) is 5.41 Å². The molecule has 0 atom stereocenters. The van der Waals surface area contributed by atoms with Crippen LogP contribution in [0.5, 0.6) is 5.75 Å². The Hall–Kier alpha value is -0.580. The number of ether oxygens (including phenoxy) is 2. The molecule has 4 heteroatoms. The maximum atomic E-state index is 5.25. The van der Waals surface area contributed by atoms with Gasteiger partial charge in [-0.2, -0.15) is 0 Å². The Morgan fingerprint density at radius 2 is 2.00 bits per heavy atom. The minimum absolute atomic E-state index is 0.278. The summed E-state index contributed by atoms with van der Waals surface area (Å²) in [5, 5.41) is 3.44. The molecular weight excluding hydrogens is 318 g/mol. The van der Waals surface area contributed by atoms with Crippen LogP contribution in [0.4, 0.5) is 0 Å². The second-order valence-electron chi connectivity index (χ2n) is 5.80. The first-order valence-corrected chi connectivity index (χ1v) is 7.80. The van der Waals surface area contributed by atoms with Crippen molar-refractivity contribution in [2.45, 2.75) is 26.7 Å². The summed E-state index contributed by atoms with van der Waals surface area (Å²) in [4.78, 5) is 0. The zero-order chi connectivity index (χ0) is 15.0. The SMILES string of the molecule is COCCNCC(C)(C)CCc1ccc(OC)c(Br)c1. The third-order valence-electron chi connectivity index (χ3n) is 3.39. The maximum absolute atomic E-state index is 5.25. The molecule has 0 fully saturated rings. The van der Waals surface area contributed by atoms with Crippen molar-refractivity contribution < 1.29 is 9.47 Å². The number of methoxy groups -OCH3 is 2. The monoisotopic (exact) mass is 343 g/mol. The molecule has 20 heavy (non-hydrogen) atoms. The molecule has 0 aliphatic rings. The smallest absolute Gasteiger partial charge is 0.133 e. The van der Waals surface area contributed by atoms with E-state index in [1.165, 1.54) is 5.56 Å². The maximum Gasteiger partial charge on any atom is 0.133 e. The Morgan fingerprint density at radius 3 is 2.60 bits per heavy atom. The lowest BCUT2D eigenvalue weighted by molar-refractivity contribution is 0.193. The molecule has 0 saturated heterocycles. The molecule has 0 aliphatic carbocycles. The molecule has 1 aromatic rings. The van der Waals surface area contributed by atoms with Crippen LogP contribution >= 0.6 is 15.9 Å². The van der Waals surface area contributed by atoms with E-state index in [1.54, 1.807) is 14.2 Å². The van der Waals surface area contributed by atoms with Gasteiger partial charge in [-0.25, -0.2) is 0 Å². The van der Waals surface area contributed by atoms with E-state index in [2.05, 4.69) is 47.2 Å². The van der Waals surface area contributed by atoms with E-state index in [4.69, 9.17) is 9.47 Å². The summed E-state index contributed by atoms with van der Waals surface area (Å²) >= 11 is 3.54. The minimum Gasteiger partial charge on any atom is -0.496 e. The van der Waals surface area contributed by atoms with Gasteiger partial charge in [0, 0.05) is 20.2 Å². The van der Waals surface area contributed by atoms with Crippen LogP contribution in [-0.4, -0.2) is 33.9 Å². The standard InChI is InChI=1S/C16H26BrNO2/c1-16(2,12-18-9-10-19-3)8-7-13-5-6-15(20-4)14(17)11-13/h5-6,11,18H,7-10,12H2,1-4H3. The molecule has 0 bridgehead atoms. The van der Waals surface area contributed by atoms with Crippen molar-refractivity contribution in [3.05, 3.63) is 28.2 Å². The lowest BCUT2D eigenvalue weighted by Crippen LogP contribution is -2.31. The number of halogens is 1. The number of aryl methyl sites for hydroxylation is 1. The summed E-state index contributed by atoms with van der Waals surface area (Å²) < 4.78 is 11.3. The van der Waals surface area contributed by atoms with Crippen LogP contribution in [0.15, 0.2) is 22.7 Å². The molecule has 0 aromatic heterocycles. The number of nitrogens with one attached hydrogen (secondary N) is 1. The van der Waals surface area contributed by atoms with Crippen molar-refractivity contribution in [1.29, 1.82) is 0 Å². The molecule has 1 aromatic carbocycles. The van der Waals surface area contributed by atoms with Gasteiger partial charge in [-0.1, -0.05) is 19.9 Å². The Morgan fingerprint density at radius 1 is 1.25 bits per heavy atom. The number of hydrogen-bond acceptors (Lipinski definition) is 3. The van der Waals surface area contributed by atoms with Crippen LogP contribution in [-0.2, 0) is 11.2 Å². The van der Waals surface area contributed by atoms with Gasteiger partial charge in [-0.3, -0.25) is 0 Å². The van der Waals surface area contributed by atoms with Gasteiger partial charge in [-0.05, 0) is 51.9 Å². The number of hydrogen-bond donors (Lipinski definition) is 1. The molecule has 1 rings (SSSR count). The van der Waals surface area contributed by atoms with Gasteiger partial charge in [0.2, 0.25) is 0 Å². The van der Waals surface area contributed by atoms with Crippen molar-refractivity contribution in [3.8, 4) is 5.75 Å². The second-order valence-corrected chi connectivity index (χ2v) is 6.66. The van der Waals surface area contributed by atoms with Crippen LogP contribution in [0.3, 0.4) is 0 Å². The first kappa shape index (κ1) is 17.5. The van der Waals surface area contributed by atoms with Gasteiger partial charge in [0.05, 0.1) is 18.2 Å². The third-order valence-corrected chi connectivity index (χ3v) is 4.01. The largest absolute Gasteiger partial charge is 0.496 e. The van der Waals surface area contributed by atoms with E-state index in [0.29, 0.717) is 0 Å². The molecule has 0 amide bonds. The van der Waals surface area contributed by atoms with Gasteiger partial charge < -0.3 is 14.8 Å². The molecule has 0 unspecified atom stereocenters. The average Bonchev–Trinajstić information content (AvgIpc) is 2.42. The predicted molar refractivity (Wildman–Crippen MR) is 87.5 cm³/mol. The fraction of sp³-hybridized carbons (Fsp3) is 0.625. The summed E-state index contributed by atoms with van der Waals surface area (Å²) in [5.74, 6) is 0.884. The van der Waals surface area contributed by atoms with Gasteiger partial charge in [0.15, 0.2) is 0 Å². The van der Waals surface area contributed by atoms with E-state index < -0.39 is 0 Å². The predicted octanol–water partition coefficient (Wildman–Crippen LogP) is 3.65. The molecule has 3 nitrogen and oxygen atoms in total. The zero-order valence-corrected chi connectivity index (χ0v) is 14.5. The Balaban J connectivity index is 2.42. The highest BCUT2D eigenvalue weighted by Crippen LogP contribution is 2.28. The molecular formula is C16H26BrNO2. The number of benzene rings is 1. The van der Waals surface area contributed by atoms with Crippen molar-refractivity contribution in [2.24, 2.45) is 5.41 Å². The zero-order valence-electron chi connectivity index (χ0n) is 13.0. The molecule has 1 N–H and O–H groups in total. The van der Waals surface area contributed by atoms with Crippen molar-refractivity contribution >= 4 is 15.9 Å². The quantitative estimate of drug-likeness (QED) is 0.694. The van der Waals surface area contributed by atoms with E-state index in [9.17, 15) is 0 Å². The lowest BCUT2D eigenvalue weighted by atomic mass is 9.86. The van der Waals surface area contributed by atoms with Gasteiger partial charge >= 0.3 is 0 Å². The molecule has 0 radical (unpaired) electrons. The van der Waals surface area contributed by atoms with E-state index >= 15 is 0 Å². The normalized spacial score (nSPS) is 11.7.